The molecule has 31 heavy (non-hydrogen) atoms. The van der Waals surface area contributed by atoms with Crippen molar-refractivity contribution in [3.8, 4) is 11.5 Å². The van der Waals surface area contributed by atoms with Gasteiger partial charge in [-0.1, -0.05) is 6.07 Å². The number of nitrogens with zero attached hydrogens (tertiary/aromatic N) is 5. The van der Waals surface area contributed by atoms with Crippen molar-refractivity contribution in [2.24, 2.45) is 0 Å². The summed E-state index contributed by atoms with van der Waals surface area (Å²) in [6.07, 6.45) is 0. The second-order valence-corrected chi connectivity index (χ2v) is 7.25. The van der Waals surface area contributed by atoms with Gasteiger partial charge in [-0.05, 0) is 36.4 Å². The molecule has 0 unspecified atom stereocenters. The molecular weight excluding hydrogens is 394 g/mol. The fourth-order valence-electron chi connectivity index (χ4n) is 3.54. The van der Waals surface area contributed by atoms with E-state index in [0.29, 0.717) is 18.3 Å². The van der Waals surface area contributed by atoms with Gasteiger partial charge >= 0.3 is 0 Å². The fraction of sp³-hybridized carbons (Fsp3) is 0.318. The monoisotopic (exact) mass is 421 g/mol. The number of rotatable bonds is 7. The van der Waals surface area contributed by atoms with E-state index < -0.39 is 0 Å². The van der Waals surface area contributed by atoms with E-state index in [-0.39, 0.29) is 5.95 Å². The van der Waals surface area contributed by atoms with E-state index in [1.165, 1.54) is 5.69 Å². The van der Waals surface area contributed by atoms with Crippen molar-refractivity contribution in [2.45, 2.75) is 6.54 Å². The minimum Gasteiger partial charge on any atom is -0.497 e. The lowest BCUT2D eigenvalue weighted by molar-refractivity contribution is 0.244. The van der Waals surface area contributed by atoms with Gasteiger partial charge in [-0.2, -0.15) is 15.0 Å². The Labute approximate surface area is 181 Å². The quantitative estimate of drug-likeness (QED) is 0.596. The first-order chi connectivity index (χ1) is 15.1. The molecule has 9 nitrogen and oxygen atoms in total. The van der Waals surface area contributed by atoms with Crippen LogP contribution in [-0.2, 0) is 6.54 Å². The number of hydrogen-bond donors (Lipinski definition) is 2. The first kappa shape index (κ1) is 20.7. The average Bonchev–Trinajstić information content (AvgIpc) is 2.80. The van der Waals surface area contributed by atoms with Crippen LogP contribution in [0.4, 0.5) is 23.3 Å². The number of aromatic nitrogens is 3. The molecule has 0 atom stereocenters. The molecule has 1 aliphatic heterocycles. The summed E-state index contributed by atoms with van der Waals surface area (Å²) in [7, 11) is 3.33. The van der Waals surface area contributed by atoms with Crippen LogP contribution in [0.15, 0.2) is 48.5 Å². The third-order valence-corrected chi connectivity index (χ3v) is 5.20. The Morgan fingerprint density at radius 3 is 2.35 bits per heavy atom. The molecule has 0 amide bonds. The van der Waals surface area contributed by atoms with Crippen LogP contribution in [0.1, 0.15) is 5.82 Å². The Morgan fingerprint density at radius 2 is 1.65 bits per heavy atom. The van der Waals surface area contributed by atoms with E-state index in [1.54, 1.807) is 14.2 Å². The number of piperazine rings is 1. The maximum absolute atomic E-state index is 5.93. The zero-order chi connectivity index (χ0) is 21.6. The van der Waals surface area contributed by atoms with Gasteiger partial charge in [0.2, 0.25) is 11.9 Å². The van der Waals surface area contributed by atoms with Gasteiger partial charge in [0.15, 0.2) is 0 Å². The highest BCUT2D eigenvalue weighted by Gasteiger charge is 2.19. The number of ether oxygens (including phenoxy) is 2. The number of benzene rings is 2. The van der Waals surface area contributed by atoms with E-state index in [0.717, 1.165) is 43.4 Å². The lowest BCUT2D eigenvalue weighted by atomic mass is 10.2. The second kappa shape index (κ2) is 9.48. The van der Waals surface area contributed by atoms with Crippen LogP contribution < -0.4 is 25.4 Å². The van der Waals surface area contributed by atoms with Gasteiger partial charge in [-0.15, -0.1) is 0 Å². The number of methoxy groups -OCH3 is 2. The molecule has 0 bridgehead atoms. The van der Waals surface area contributed by atoms with Crippen LogP contribution in [0.2, 0.25) is 0 Å². The van der Waals surface area contributed by atoms with Crippen LogP contribution in [0.3, 0.4) is 0 Å². The van der Waals surface area contributed by atoms with Gasteiger partial charge in [0.05, 0.1) is 20.8 Å². The first-order valence-corrected chi connectivity index (χ1v) is 10.2. The summed E-state index contributed by atoms with van der Waals surface area (Å²) < 4.78 is 10.5. The van der Waals surface area contributed by atoms with Crippen molar-refractivity contribution < 1.29 is 9.47 Å². The molecule has 0 saturated carbocycles. The predicted octanol–water partition coefficient (Wildman–Crippen LogP) is 2.54. The summed E-state index contributed by atoms with van der Waals surface area (Å²) >= 11 is 0. The van der Waals surface area contributed by atoms with Crippen molar-refractivity contribution >= 4 is 23.3 Å². The van der Waals surface area contributed by atoms with Crippen molar-refractivity contribution in [3.63, 3.8) is 0 Å². The Morgan fingerprint density at radius 1 is 0.903 bits per heavy atom. The molecule has 3 N–H and O–H groups in total. The molecule has 0 aliphatic carbocycles. The normalized spacial score (nSPS) is 14.3. The summed E-state index contributed by atoms with van der Waals surface area (Å²) in [5.74, 6) is 2.95. The Hall–Kier alpha value is -3.59. The minimum atomic E-state index is 0.205. The van der Waals surface area contributed by atoms with Crippen LogP contribution in [0.25, 0.3) is 0 Å². The Balaban J connectivity index is 1.37. The summed E-state index contributed by atoms with van der Waals surface area (Å²) in [5, 5.41) is 3.18. The smallest absolute Gasteiger partial charge is 0.232 e. The SMILES string of the molecule is COc1ccc(Nc2nc(N)nc(CN3CCN(c4cccc(OC)c4)CC3)n2)cc1. The highest BCUT2D eigenvalue weighted by atomic mass is 16.5. The summed E-state index contributed by atoms with van der Waals surface area (Å²) in [6, 6.07) is 15.7. The zero-order valence-electron chi connectivity index (χ0n) is 17.8. The van der Waals surface area contributed by atoms with Gasteiger partial charge in [0.1, 0.15) is 17.3 Å². The number of nitrogens with two attached hydrogens (primary N) is 1. The largest absolute Gasteiger partial charge is 0.497 e. The van der Waals surface area contributed by atoms with Gasteiger partial charge in [0, 0.05) is 43.6 Å². The van der Waals surface area contributed by atoms with Crippen LogP contribution in [0, 0.1) is 0 Å². The first-order valence-electron chi connectivity index (χ1n) is 10.2. The molecule has 3 aromatic rings. The summed E-state index contributed by atoms with van der Waals surface area (Å²) in [5.41, 5.74) is 7.95. The van der Waals surface area contributed by atoms with E-state index >= 15 is 0 Å². The van der Waals surface area contributed by atoms with E-state index in [2.05, 4.69) is 42.2 Å². The lowest BCUT2D eigenvalue weighted by Crippen LogP contribution is -2.46. The molecule has 162 valence electrons. The maximum atomic E-state index is 5.93. The van der Waals surface area contributed by atoms with Crippen molar-refractivity contribution in [1.29, 1.82) is 0 Å². The number of anilines is 4. The Kier molecular flexibility index (Phi) is 6.32. The minimum absolute atomic E-state index is 0.205. The molecular formula is C22H27N7O2. The predicted molar refractivity (Wildman–Crippen MR) is 121 cm³/mol. The molecule has 1 aromatic heterocycles. The molecule has 1 fully saturated rings. The molecule has 1 saturated heterocycles. The second-order valence-electron chi connectivity index (χ2n) is 7.25. The number of nitrogen functional groups attached to an aromatic ring is 1. The molecule has 4 rings (SSSR count). The van der Waals surface area contributed by atoms with Crippen molar-refractivity contribution in [2.75, 3.05) is 56.3 Å². The Bertz CT molecular complexity index is 1000. The third-order valence-electron chi connectivity index (χ3n) is 5.20. The molecule has 2 heterocycles. The van der Waals surface area contributed by atoms with Crippen LogP contribution >= 0.6 is 0 Å². The molecule has 0 spiro atoms. The molecule has 9 heteroatoms. The van der Waals surface area contributed by atoms with Gasteiger partial charge < -0.3 is 25.4 Å². The highest BCUT2D eigenvalue weighted by Crippen LogP contribution is 2.23. The standard InChI is InChI=1S/C22H27N7O2/c1-30-18-8-6-16(7-9-18)24-22-26-20(25-21(23)27-22)15-28-10-12-29(13-11-28)17-4-3-5-19(14-17)31-2/h3-9,14H,10-13,15H2,1-2H3,(H3,23,24,25,26,27). The van der Waals surface area contributed by atoms with Gasteiger partial charge in [-0.25, -0.2) is 0 Å². The van der Waals surface area contributed by atoms with Crippen LogP contribution in [0.5, 0.6) is 11.5 Å². The van der Waals surface area contributed by atoms with E-state index in [9.17, 15) is 0 Å². The summed E-state index contributed by atoms with van der Waals surface area (Å²) in [4.78, 5) is 17.8. The molecule has 1 aliphatic rings. The average molecular weight is 422 g/mol. The third kappa shape index (κ3) is 5.32. The number of hydrogen-bond acceptors (Lipinski definition) is 9. The van der Waals surface area contributed by atoms with Crippen molar-refractivity contribution in [1.82, 2.24) is 19.9 Å². The number of nitrogens with one attached hydrogen (secondary N) is 1. The van der Waals surface area contributed by atoms with Gasteiger partial charge in [-0.3, -0.25) is 4.90 Å². The topological polar surface area (TPSA) is 102 Å². The molecule has 2 aromatic carbocycles. The fourth-order valence-corrected chi connectivity index (χ4v) is 3.54. The summed E-state index contributed by atoms with van der Waals surface area (Å²) in [6.45, 7) is 4.28. The van der Waals surface area contributed by atoms with E-state index in [1.807, 2.05) is 36.4 Å². The molecule has 0 radical (unpaired) electrons. The van der Waals surface area contributed by atoms with E-state index in [4.69, 9.17) is 15.2 Å². The maximum Gasteiger partial charge on any atom is 0.232 e. The zero-order valence-corrected chi connectivity index (χ0v) is 17.8. The van der Waals surface area contributed by atoms with Gasteiger partial charge in [0.25, 0.3) is 0 Å². The van der Waals surface area contributed by atoms with Crippen molar-refractivity contribution in [3.05, 3.63) is 54.4 Å². The van der Waals surface area contributed by atoms with Crippen LogP contribution in [-0.4, -0.2) is 60.3 Å². The highest BCUT2D eigenvalue weighted by molar-refractivity contribution is 5.55. The lowest BCUT2D eigenvalue weighted by Gasteiger charge is -2.35.